The minimum absolute atomic E-state index is 0.0684. The molecular formula is C10H12ClNO5. The van der Waals surface area contributed by atoms with Gasteiger partial charge in [0, 0.05) is 11.1 Å². The summed E-state index contributed by atoms with van der Waals surface area (Å²) in [5.74, 6) is 0.145. The highest BCUT2D eigenvalue weighted by Gasteiger charge is 2.15. The van der Waals surface area contributed by atoms with Gasteiger partial charge in [-0.25, -0.2) is 0 Å². The molecule has 0 atom stereocenters. The lowest BCUT2D eigenvalue weighted by Crippen LogP contribution is -2.09. The van der Waals surface area contributed by atoms with Gasteiger partial charge in [-0.15, -0.1) is 0 Å². The van der Waals surface area contributed by atoms with Crippen LogP contribution in [0, 0.1) is 10.1 Å². The summed E-state index contributed by atoms with van der Waals surface area (Å²) in [7, 11) is 0. The number of ether oxygens (including phenoxy) is 2. The summed E-state index contributed by atoms with van der Waals surface area (Å²) >= 11 is 5.65. The Morgan fingerprint density at radius 2 is 2.12 bits per heavy atom. The first-order valence-electron chi connectivity index (χ1n) is 4.90. The second-order valence-electron chi connectivity index (χ2n) is 3.05. The van der Waals surface area contributed by atoms with Gasteiger partial charge >= 0.3 is 5.69 Å². The van der Waals surface area contributed by atoms with Crippen LogP contribution in [0.2, 0.25) is 5.02 Å². The average Bonchev–Trinajstić information content (AvgIpc) is 2.30. The Morgan fingerprint density at radius 1 is 1.35 bits per heavy atom. The minimum Gasteiger partial charge on any atom is -0.484 e. The van der Waals surface area contributed by atoms with Gasteiger partial charge < -0.3 is 14.6 Å². The predicted octanol–water partition coefficient (Wildman–Crippen LogP) is 1.64. The first-order valence-corrected chi connectivity index (χ1v) is 5.28. The average molecular weight is 262 g/mol. The molecule has 0 spiro atoms. The smallest absolute Gasteiger partial charge is 0.312 e. The van der Waals surface area contributed by atoms with E-state index in [1.165, 1.54) is 18.2 Å². The monoisotopic (exact) mass is 261 g/mol. The molecule has 1 aromatic rings. The second-order valence-corrected chi connectivity index (χ2v) is 3.49. The van der Waals surface area contributed by atoms with Crippen molar-refractivity contribution < 1.29 is 19.5 Å². The van der Waals surface area contributed by atoms with Crippen molar-refractivity contribution in [2.75, 3.05) is 26.4 Å². The first-order chi connectivity index (χ1) is 8.15. The number of aliphatic hydroxyl groups is 1. The molecule has 1 rings (SSSR count). The van der Waals surface area contributed by atoms with Crippen LogP contribution in [0.1, 0.15) is 0 Å². The summed E-state index contributed by atoms with van der Waals surface area (Å²) in [6.45, 7) is 0.565. The third kappa shape index (κ3) is 4.56. The highest BCUT2D eigenvalue weighted by atomic mass is 35.5. The summed E-state index contributed by atoms with van der Waals surface area (Å²) in [5.41, 5.74) is -0.181. The maximum Gasteiger partial charge on any atom is 0.312 e. The number of rotatable bonds is 7. The Bertz CT molecular complexity index is 385. The normalized spacial score (nSPS) is 10.2. The highest BCUT2D eigenvalue weighted by Crippen LogP contribution is 2.29. The van der Waals surface area contributed by atoms with E-state index >= 15 is 0 Å². The fourth-order valence-electron chi connectivity index (χ4n) is 1.13. The molecule has 17 heavy (non-hydrogen) atoms. The Morgan fingerprint density at radius 3 is 2.76 bits per heavy atom. The predicted molar refractivity (Wildman–Crippen MR) is 61.5 cm³/mol. The van der Waals surface area contributed by atoms with Crippen LogP contribution in [-0.4, -0.2) is 36.5 Å². The maximum atomic E-state index is 10.7. The van der Waals surface area contributed by atoms with Crippen molar-refractivity contribution in [1.29, 1.82) is 0 Å². The van der Waals surface area contributed by atoms with E-state index in [-0.39, 0.29) is 42.9 Å². The Hall–Kier alpha value is -1.37. The topological polar surface area (TPSA) is 81.8 Å². The number of hydrogen-bond acceptors (Lipinski definition) is 5. The summed E-state index contributed by atoms with van der Waals surface area (Å²) in [6.07, 6.45) is 0. The molecule has 7 heteroatoms. The molecule has 0 bridgehead atoms. The van der Waals surface area contributed by atoms with Gasteiger partial charge in [-0.05, 0) is 12.1 Å². The van der Waals surface area contributed by atoms with Gasteiger partial charge in [0.1, 0.15) is 6.61 Å². The van der Waals surface area contributed by atoms with Crippen molar-refractivity contribution in [3.8, 4) is 5.75 Å². The van der Waals surface area contributed by atoms with Crippen molar-refractivity contribution in [2.24, 2.45) is 0 Å². The van der Waals surface area contributed by atoms with E-state index < -0.39 is 4.92 Å². The minimum atomic E-state index is -0.560. The molecule has 0 saturated heterocycles. The fourth-order valence-corrected chi connectivity index (χ4v) is 1.30. The van der Waals surface area contributed by atoms with E-state index in [2.05, 4.69) is 0 Å². The fraction of sp³-hybridized carbons (Fsp3) is 0.400. The third-order valence-electron chi connectivity index (χ3n) is 1.84. The number of nitro groups is 1. The first kappa shape index (κ1) is 13.7. The highest BCUT2D eigenvalue weighted by molar-refractivity contribution is 6.30. The standard InChI is InChI=1S/C10H12ClNO5/c11-8-1-2-10(9(7-8)12(14)15)17-6-5-16-4-3-13/h1-2,7,13H,3-6H2. The van der Waals surface area contributed by atoms with Gasteiger partial charge in [-0.2, -0.15) is 0 Å². The molecule has 0 saturated carbocycles. The van der Waals surface area contributed by atoms with Crippen LogP contribution in [0.3, 0.4) is 0 Å². The van der Waals surface area contributed by atoms with Crippen LogP contribution >= 0.6 is 11.6 Å². The Labute approximate surface area is 103 Å². The van der Waals surface area contributed by atoms with Crippen LogP contribution < -0.4 is 4.74 Å². The number of aliphatic hydroxyl groups excluding tert-OH is 1. The van der Waals surface area contributed by atoms with Crippen LogP contribution in [0.4, 0.5) is 5.69 Å². The lowest BCUT2D eigenvalue weighted by Gasteiger charge is -2.07. The van der Waals surface area contributed by atoms with Crippen LogP contribution in [0.25, 0.3) is 0 Å². The van der Waals surface area contributed by atoms with E-state index in [9.17, 15) is 10.1 Å². The number of benzene rings is 1. The molecule has 1 N–H and O–H groups in total. The molecule has 0 aliphatic rings. The largest absolute Gasteiger partial charge is 0.484 e. The zero-order valence-corrected chi connectivity index (χ0v) is 9.72. The van der Waals surface area contributed by atoms with Gasteiger partial charge in [0.15, 0.2) is 5.75 Å². The quantitative estimate of drug-likeness (QED) is 0.458. The molecule has 0 aliphatic heterocycles. The molecule has 94 valence electrons. The van der Waals surface area contributed by atoms with Crippen LogP contribution in [0.5, 0.6) is 5.75 Å². The molecule has 1 aromatic carbocycles. The maximum absolute atomic E-state index is 10.7. The molecule has 6 nitrogen and oxygen atoms in total. The van der Waals surface area contributed by atoms with E-state index in [4.69, 9.17) is 26.2 Å². The summed E-state index contributed by atoms with van der Waals surface area (Å²) < 4.78 is 10.2. The lowest BCUT2D eigenvalue weighted by atomic mass is 10.3. The molecule has 0 heterocycles. The molecule has 0 aliphatic carbocycles. The zero-order chi connectivity index (χ0) is 12.7. The van der Waals surface area contributed by atoms with Crippen molar-refractivity contribution >= 4 is 17.3 Å². The Kier molecular flexibility index (Phi) is 5.68. The number of nitro benzene ring substituents is 1. The molecule has 0 fully saturated rings. The number of halogens is 1. The summed E-state index contributed by atoms with van der Waals surface area (Å²) in [6, 6.07) is 4.18. The molecular weight excluding hydrogens is 250 g/mol. The van der Waals surface area contributed by atoms with Gasteiger partial charge in [-0.1, -0.05) is 11.6 Å². The van der Waals surface area contributed by atoms with Crippen molar-refractivity contribution in [3.63, 3.8) is 0 Å². The van der Waals surface area contributed by atoms with Crippen molar-refractivity contribution in [1.82, 2.24) is 0 Å². The molecule has 0 amide bonds. The van der Waals surface area contributed by atoms with Crippen LogP contribution in [0.15, 0.2) is 18.2 Å². The Balaban J connectivity index is 2.55. The van der Waals surface area contributed by atoms with E-state index in [1.807, 2.05) is 0 Å². The summed E-state index contributed by atoms with van der Waals surface area (Å²) in [5, 5.41) is 19.5. The van der Waals surface area contributed by atoms with Gasteiger partial charge in [-0.3, -0.25) is 10.1 Å². The summed E-state index contributed by atoms with van der Waals surface area (Å²) in [4.78, 5) is 10.2. The zero-order valence-electron chi connectivity index (χ0n) is 8.97. The molecule has 0 unspecified atom stereocenters. The van der Waals surface area contributed by atoms with Gasteiger partial charge in [0.2, 0.25) is 0 Å². The SMILES string of the molecule is O=[N+]([O-])c1cc(Cl)ccc1OCCOCCO. The van der Waals surface area contributed by atoms with E-state index in [0.717, 1.165) is 0 Å². The van der Waals surface area contributed by atoms with Crippen molar-refractivity contribution in [2.45, 2.75) is 0 Å². The second kappa shape index (κ2) is 7.05. The number of hydrogen-bond donors (Lipinski definition) is 1. The van der Waals surface area contributed by atoms with Crippen molar-refractivity contribution in [3.05, 3.63) is 33.3 Å². The van der Waals surface area contributed by atoms with Gasteiger partial charge in [0.25, 0.3) is 0 Å². The number of nitrogens with zero attached hydrogens (tertiary/aromatic N) is 1. The van der Waals surface area contributed by atoms with Gasteiger partial charge in [0.05, 0.1) is 24.7 Å². The molecule has 0 aromatic heterocycles. The van der Waals surface area contributed by atoms with E-state index in [0.29, 0.717) is 0 Å². The molecule has 0 radical (unpaired) electrons. The van der Waals surface area contributed by atoms with Crippen LogP contribution in [-0.2, 0) is 4.74 Å². The third-order valence-corrected chi connectivity index (χ3v) is 2.07. The van der Waals surface area contributed by atoms with E-state index in [1.54, 1.807) is 0 Å². The lowest BCUT2D eigenvalue weighted by molar-refractivity contribution is -0.385.